The number of hydrogen-bond donors (Lipinski definition) is 0. The van der Waals surface area contributed by atoms with Crippen molar-refractivity contribution in [1.82, 2.24) is 0 Å². The Balaban J connectivity index is 3.28. The third-order valence-electron chi connectivity index (χ3n) is 2.76. The number of ether oxygens (including phenoxy) is 4. The van der Waals surface area contributed by atoms with Crippen LogP contribution in [0.4, 0.5) is 52.7 Å². The van der Waals surface area contributed by atoms with Crippen LogP contribution in [0.2, 0.25) is 0 Å². The largest absolute Gasteiger partial charge is 0.446 e. The molecule has 0 aliphatic carbocycles. The molecule has 2 unspecified atom stereocenters. The Kier molecular flexibility index (Phi) is 4.85. The molecular weight excluding hydrogens is 400 g/mol. The van der Waals surface area contributed by atoms with Gasteiger partial charge in [0, 0.05) is 7.11 Å². The lowest BCUT2D eigenvalue weighted by atomic mass is 10.3. The van der Waals surface area contributed by atoms with Crippen LogP contribution in [0.25, 0.3) is 0 Å². The molecule has 0 amide bonds. The highest BCUT2D eigenvalue weighted by Gasteiger charge is 2.84. The Bertz CT molecular complexity index is 519. The number of alkyl halides is 12. The van der Waals surface area contributed by atoms with E-state index in [0.717, 1.165) is 0 Å². The minimum atomic E-state index is -6.83. The van der Waals surface area contributed by atoms with Gasteiger partial charge in [-0.3, -0.25) is 9.47 Å². The van der Waals surface area contributed by atoms with Gasteiger partial charge in [-0.25, -0.2) is 4.74 Å². The van der Waals surface area contributed by atoms with Gasteiger partial charge in [-0.15, -0.1) is 0 Å². The third kappa shape index (κ3) is 3.23. The van der Waals surface area contributed by atoms with Crippen molar-refractivity contribution < 1.29 is 71.6 Å². The van der Waals surface area contributed by atoms with Crippen molar-refractivity contribution in [2.45, 2.75) is 49.2 Å². The maximum atomic E-state index is 13.7. The molecule has 25 heavy (non-hydrogen) atoms. The molecule has 0 aromatic heterocycles. The van der Waals surface area contributed by atoms with E-state index in [4.69, 9.17) is 0 Å². The van der Waals surface area contributed by atoms with Crippen LogP contribution < -0.4 is 0 Å². The van der Waals surface area contributed by atoms with Crippen molar-refractivity contribution in [2.75, 3.05) is 7.11 Å². The lowest BCUT2D eigenvalue weighted by Crippen LogP contribution is -2.61. The minimum absolute atomic E-state index is 0.209. The molecule has 0 aromatic rings. The van der Waals surface area contributed by atoms with Gasteiger partial charge in [0.2, 0.25) is 0 Å². The first-order chi connectivity index (χ1) is 10.7. The Labute approximate surface area is 129 Å². The smallest absolute Gasteiger partial charge is 0.319 e. The standard InChI is InChI=1S/C9H6F12O4/c1-3(5(12,13)14)23-8(19,20)9(21,24-3)25-7(17,18)4(10,11)6(15,16)22-2/h1-2H3. The van der Waals surface area contributed by atoms with Gasteiger partial charge in [0.05, 0.1) is 0 Å². The second-order valence-corrected chi connectivity index (χ2v) is 4.61. The summed E-state index contributed by atoms with van der Waals surface area (Å²) in [6.45, 7) is -0.425. The Morgan fingerprint density at radius 1 is 0.760 bits per heavy atom. The van der Waals surface area contributed by atoms with Gasteiger partial charge in [-0.1, -0.05) is 0 Å². The van der Waals surface area contributed by atoms with Gasteiger partial charge in [0.15, 0.2) is 0 Å². The number of hydrogen-bond acceptors (Lipinski definition) is 4. The van der Waals surface area contributed by atoms with Crippen LogP contribution in [0.15, 0.2) is 0 Å². The summed E-state index contributed by atoms with van der Waals surface area (Å²) >= 11 is 0. The zero-order valence-electron chi connectivity index (χ0n) is 11.7. The van der Waals surface area contributed by atoms with Crippen molar-refractivity contribution in [3.05, 3.63) is 0 Å². The van der Waals surface area contributed by atoms with E-state index in [-0.39, 0.29) is 7.11 Å². The second kappa shape index (κ2) is 5.50. The lowest BCUT2D eigenvalue weighted by Gasteiger charge is -2.34. The molecule has 150 valence electrons. The maximum Gasteiger partial charge on any atom is 0.446 e. The summed E-state index contributed by atoms with van der Waals surface area (Å²) in [5, 5.41) is 0. The maximum absolute atomic E-state index is 13.7. The molecule has 0 radical (unpaired) electrons. The molecule has 1 aliphatic rings. The van der Waals surface area contributed by atoms with Crippen LogP contribution in [0.5, 0.6) is 0 Å². The van der Waals surface area contributed by atoms with Crippen LogP contribution in [-0.4, -0.2) is 49.4 Å². The Morgan fingerprint density at radius 3 is 1.52 bits per heavy atom. The predicted octanol–water partition coefficient (Wildman–Crippen LogP) is 4.01. The number of halogens is 12. The first-order valence-electron chi connectivity index (χ1n) is 5.60. The summed E-state index contributed by atoms with van der Waals surface area (Å²) in [6, 6.07) is -6.01. The van der Waals surface area contributed by atoms with Gasteiger partial charge in [0.1, 0.15) is 0 Å². The molecule has 1 fully saturated rings. The number of rotatable bonds is 5. The number of methoxy groups -OCH3 is 1. The predicted molar refractivity (Wildman–Crippen MR) is 48.4 cm³/mol. The molecule has 1 heterocycles. The van der Waals surface area contributed by atoms with E-state index in [1.165, 1.54) is 0 Å². The first-order valence-corrected chi connectivity index (χ1v) is 5.60. The minimum Gasteiger partial charge on any atom is -0.319 e. The molecule has 4 nitrogen and oxygen atoms in total. The Morgan fingerprint density at radius 2 is 1.20 bits per heavy atom. The second-order valence-electron chi connectivity index (χ2n) is 4.61. The average Bonchev–Trinajstić information content (AvgIpc) is 2.53. The zero-order chi connectivity index (χ0) is 20.3. The molecule has 0 aromatic carbocycles. The van der Waals surface area contributed by atoms with E-state index in [2.05, 4.69) is 18.9 Å². The van der Waals surface area contributed by atoms with E-state index in [1.807, 2.05) is 0 Å². The van der Waals surface area contributed by atoms with Crippen LogP contribution in [-0.2, 0) is 18.9 Å². The van der Waals surface area contributed by atoms with Crippen LogP contribution in [0.3, 0.4) is 0 Å². The van der Waals surface area contributed by atoms with Gasteiger partial charge in [0.25, 0.3) is 5.79 Å². The van der Waals surface area contributed by atoms with Crippen molar-refractivity contribution in [2.24, 2.45) is 0 Å². The summed E-state index contributed by atoms with van der Waals surface area (Å²) in [6.07, 6.45) is -24.9. The fraction of sp³-hybridized carbons (Fsp3) is 1.00. The highest BCUT2D eigenvalue weighted by Crippen LogP contribution is 2.57. The van der Waals surface area contributed by atoms with Crippen LogP contribution >= 0.6 is 0 Å². The van der Waals surface area contributed by atoms with Gasteiger partial charge >= 0.3 is 36.5 Å². The fourth-order valence-corrected chi connectivity index (χ4v) is 1.36. The summed E-state index contributed by atoms with van der Waals surface area (Å²) < 4.78 is 166. The molecule has 0 spiro atoms. The first kappa shape index (κ1) is 22.0. The summed E-state index contributed by atoms with van der Waals surface area (Å²) in [5.41, 5.74) is 0. The molecule has 1 rings (SSSR count). The molecule has 2 atom stereocenters. The Hall–Kier alpha value is -1.00. The zero-order valence-corrected chi connectivity index (χ0v) is 11.7. The van der Waals surface area contributed by atoms with Gasteiger partial charge < -0.3 is 4.74 Å². The molecule has 0 saturated carbocycles. The summed E-state index contributed by atoms with van der Waals surface area (Å²) in [4.78, 5) is 0. The molecule has 0 bridgehead atoms. The molecule has 1 aliphatic heterocycles. The van der Waals surface area contributed by atoms with Gasteiger partial charge in [-0.2, -0.15) is 52.7 Å². The SMILES string of the molecule is COC(F)(F)C(F)(F)C(F)(F)OC1(F)OC(C)(C(F)(F)F)OC1(F)F. The van der Waals surface area contributed by atoms with Crippen molar-refractivity contribution in [3.8, 4) is 0 Å². The topological polar surface area (TPSA) is 36.9 Å². The highest BCUT2D eigenvalue weighted by molar-refractivity contribution is 4.92. The average molecular weight is 406 g/mol. The lowest BCUT2D eigenvalue weighted by molar-refractivity contribution is -0.523. The van der Waals surface area contributed by atoms with Crippen LogP contribution in [0.1, 0.15) is 6.92 Å². The van der Waals surface area contributed by atoms with Crippen molar-refractivity contribution in [3.63, 3.8) is 0 Å². The van der Waals surface area contributed by atoms with E-state index >= 15 is 0 Å². The van der Waals surface area contributed by atoms with E-state index in [1.54, 1.807) is 0 Å². The van der Waals surface area contributed by atoms with E-state index < -0.39 is 49.2 Å². The summed E-state index contributed by atoms with van der Waals surface area (Å²) in [5.74, 6) is -11.4. The quantitative estimate of drug-likeness (QED) is 0.647. The van der Waals surface area contributed by atoms with E-state index in [9.17, 15) is 52.7 Å². The van der Waals surface area contributed by atoms with Crippen molar-refractivity contribution >= 4 is 0 Å². The molecule has 16 heteroatoms. The van der Waals surface area contributed by atoms with E-state index in [0.29, 0.717) is 0 Å². The summed E-state index contributed by atoms with van der Waals surface area (Å²) in [7, 11) is -0.209. The normalized spacial score (nSPS) is 31.4. The monoisotopic (exact) mass is 406 g/mol. The van der Waals surface area contributed by atoms with Gasteiger partial charge in [-0.05, 0) is 6.92 Å². The highest BCUT2D eigenvalue weighted by atomic mass is 19.4. The van der Waals surface area contributed by atoms with Crippen LogP contribution in [0, 0.1) is 0 Å². The molecular formula is C9H6F12O4. The van der Waals surface area contributed by atoms with Crippen molar-refractivity contribution in [1.29, 1.82) is 0 Å². The fourth-order valence-electron chi connectivity index (χ4n) is 1.36. The molecule has 1 saturated heterocycles. The third-order valence-corrected chi connectivity index (χ3v) is 2.76. The molecule has 0 N–H and O–H groups in total.